The molecule has 4 heteroatoms. The number of methoxy groups -OCH3 is 1. The summed E-state index contributed by atoms with van der Waals surface area (Å²) in [6.45, 7) is 9.07. The van der Waals surface area contributed by atoms with Gasteiger partial charge in [0.1, 0.15) is 0 Å². The molecule has 1 N–H and O–H groups in total. The van der Waals surface area contributed by atoms with Crippen molar-refractivity contribution in [1.82, 2.24) is 10.2 Å². The van der Waals surface area contributed by atoms with E-state index in [1.54, 1.807) is 7.11 Å². The Morgan fingerprint density at radius 3 is 2.53 bits per heavy atom. The lowest BCUT2D eigenvalue weighted by Crippen LogP contribution is -2.44. The first-order chi connectivity index (χ1) is 8.01. The average molecular weight is 242 g/mol. The first-order valence-electron chi connectivity index (χ1n) is 6.60. The number of nitrogens with one attached hydrogen (secondary N) is 1. The molecule has 0 aromatic heterocycles. The zero-order valence-electron chi connectivity index (χ0n) is 11.7. The van der Waals surface area contributed by atoms with Crippen LogP contribution in [-0.4, -0.2) is 42.8 Å². The molecule has 4 nitrogen and oxygen atoms in total. The van der Waals surface area contributed by atoms with Crippen molar-refractivity contribution in [3.05, 3.63) is 0 Å². The molecule has 0 bridgehead atoms. The molecule has 3 unspecified atom stereocenters. The van der Waals surface area contributed by atoms with E-state index in [0.29, 0.717) is 12.5 Å². The highest BCUT2D eigenvalue weighted by atomic mass is 16.5. The van der Waals surface area contributed by atoms with E-state index >= 15 is 0 Å². The summed E-state index contributed by atoms with van der Waals surface area (Å²) < 4.78 is 5.26. The quantitative estimate of drug-likeness (QED) is 0.769. The molecule has 1 rings (SSSR count). The molecule has 0 aliphatic carbocycles. The van der Waals surface area contributed by atoms with Gasteiger partial charge in [0.2, 0.25) is 5.91 Å². The van der Waals surface area contributed by atoms with E-state index < -0.39 is 0 Å². The molecule has 100 valence electrons. The minimum atomic E-state index is -0.00328. The third kappa shape index (κ3) is 3.42. The van der Waals surface area contributed by atoms with Gasteiger partial charge in [-0.25, -0.2) is 0 Å². The Labute approximate surface area is 105 Å². The first-order valence-corrected chi connectivity index (χ1v) is 6.60. The van der Waals surface area contributed by atoms with Crippen LogP contribution in [0, 0.1) is 5.92 Å². The summed E-state index contributed by atoms with van der Waals surface area (Å²) in [5.74, 6) is 0.652. The Hall–Kier alpha value is -0.610. The maximum absolute atomic E-state index is 12.3. The number of carbonyl (C=O) groups excluding carboxylic acids is 1. The van der Waals surface area contributed by atoms with Crippen LogP contribution in [0.1, 0.15) is 40.5 Å². The Balaban J connectivity index is 2.72. The van der Waals surface area contributed by atoms with Crippen LogP contribution in [0.5, 0.6) is 0 Å². The highest BCUT2D eigenvalue weighted by Crippen LogP contribution is 2.20. The van der Waals surface area contributed by atoms with Crippen molar-refractivity contribution < 1.29 is 9.53 Å². The lowest BCUT2D eigenvalue weighted by Gasteiger charge is -2.29. The summed E-state index contributed by atoms with van der Waals surface area (Å²) in [5.41, 5.74) is 0. The molecule has 3 atom stereocenters. The van der Waals surface area contributed by atoms with Gasteiger partial charge in [-0.2, -0.15) is 0 Å². The number of nitrogens with zero attached hydrogens (tertiary/aromatic N) is 1. The van der Waals surface area contributed by atoms with Crippen LogP contribution in [0.3, 0.4) is 0 Å². The zero-order chi connectivity index (χ0) is 13.0. The van der Waals surface area contributed by atoms with Crippen LogP contribution < -0.4 is 5.32 Å². The Bertz CT molecular complexity index is 256. The summed E-state index contributed by atoms with van der Waals surface area (Å²) in [4.78, 5) is 14.2. The van der Waals surface area contributed by atoms with Crippen molar-refractivity contribution in [3.63, 3.8) is 0 Å². The summed E-state index contributed by atoms with van der Waals surface area (Å²) in [5, 5.41) is 3.44. The number of rotatable bonds is 6. The summed E-state index contributed by atoms with van der Waals surface area (Å²) in [6.07, 6.45) is 2.18. The summed E-state index contributed by atoms with van der Waals surface area (Å²) >= 11 is 0. The number of ether oxygens (including phenoxy) is 1. The molecular formula is C13H26N2O2. The smallest absolute Gasteiger partial charge is 0.241 e. The topological polar surface area (TPSA) is 41.6 Å². The molecule has 17 heavy (non-hydrogen) atoms. The molecule has 0 aromatic rings. The van der Waals surface area contributed by atoms with Crippen molar-refractivity contribution in [3.8, 4) is 0 Å². The third-order valence-electron chi connectivity index (χ3n) is 3.35. The summed E-state index contributed by atoms with van der Waals surface area (Å²) in [7, 11) is 1.69. The number of amides is 1. The molecule has 1 saturated heterocycles. The van der Waals surface area contributed by atoms with Gasteiger partial charge in [-0.3, -0.25) is 10.1 Å². The van der Waals surface area contributed by atoms with E-state index in [2.05, 4.69) is 26.1 Å². The van der Waals surface area contributed by atoms with Crippen LogP contribution in [0.2, 0.25) is 0 Å². The van der Waals surface area contributed by atoms with Crippen LogP contribution in [0.4, 0.5) is 0 Å². The van der Waals surface area contributed by atoms with E-state index in [-0.39, 0.29) is 24.2 Å². The van der Waals surface area contributed by atoms with E-state index in [0.717, 1.165) is 12.8 Å². The molecule has 1 amide bonds. The van der Waals surface area contributed by atoms with Gasteiger partial charge in [0.25, 0.3) is 0 Å². The Kier molecular flexibility index (Phi) is 5.40. The molecule has 1 heterocycles. The fraction of sp³-hybridized carbons (Fsp3) is 0.923. The second-order valence-corrected chi connectivity index (χ2v) is 5.23. The van der Waals surface area contributed by atoms with Gasteiger partial charge >= 0.3 is 0 Å². The molecule has 0 radical (unpaired) electrons. The van der Waals surface area contributed by atoms with Crippen molar-refractivity contribution in [1.29, 1.82) is 0 Å². The predicted octanol–water partition coefficient (Wildman–Crippen LogP) is 1.60. The predicted molar refractivity (Wildman–Crippen MR) is 68.6 cm³/mol. The first kappa shape index (κ1) is 14.5. The van der Waals surface area contributed by atoms with Gasteiger partial charge in [0.15, 0.2) is 0 Å². The molecular weight excluding hydrogens is 216 g/mol. The van der Waals surface area contributed by atoms with Crippen molar-refractivity contribution in [2.45, 2.75) is 58.8 Å². The SMILES string of the molecule is CCCC1NC(C(C)C)N(CC(C)OC)C1=O. The molecule has 0 saturated carbocycles. The fourth-order valence-corrected chi connectivity index (χ4v) is 2.31. The largest absolute Gasteiger partial charge is 0.380 e. The zero-order valence-corrected chi connectivity index (χ0v) is 11.7. The standard InChI is InChI=1S/C13H26N2O2/c1-6-7-11-13(16)15(8-10(4)17-5)12(14-11)9(2)3/h9-12,14H,6-8H2,1-5H3. The van der Waals surface area contributed by atoms with Crippen molar-refractivity contribution in [2.75, 3.05) is 13.7 Å². The van der Waals surface area contributed by atoms with E-state index in [1.165, 1.54) is 0 Å². The third-order valence-corrected chi connectivity index (χ3v) is 3.35. The second-order valence-electron chi connectivity index (χ2n) is 5.23. The molecule has 0 aromatic carbocycles. The van der Waals surface area contributed by atoms with Gasteiger partial charge in [-0.15, -0.1) is 0 Å². The summed E-state index contributed by atoms with van der Waals surface area (Å²) in [6, 6.07) is -0.00328. The van der Waals surface area contributed by atoms with Crippen LogP contribution in [0.15, 0.2) is 0 Å². The highest BCUT2D eigenvalue weighted by Gasteiger charge is 2.39. The second kappa shape index (κ2) is 6.36. The normalized spacial score (nSPS) is 26.9. The van der Waals surface area contributed by atoms with Gasteiger partial charge in [0, 0.05) is 13.7 Å². The van der Waals surface area contributed by atoms with E-state index in [9.17, 15) is 4.79 Å². The molecule has 1 aliphatic heterocycles. The molecule has 1 aliphatic rings. The minimum absolute atomic E-state index is 0.00328. The lowest BCUT2D eigenvalue weighted by molar-refractivity contribution is -0.132. The fourth-order valence-electron chi connectivity index (χ4n) is 2.31. The lowest BCUT2D eigenvalue weighted by atomic mass is 10.1. The van der Waals surface area contributed by atoms with E-state index in [4.69, 9.17) is 4.74 Å². The number of carbonyl (C=O) groups is 1. The van der Waals surface area contributed by atoms with Crippen molar-refractivity contribution >= 4 is 5.91 Å². The van der Waals surface area contributed by atoms with Gasteiger partial charge in [-0.05, 0) is 19.3 Å². The van der Waals surface area contributed by atoms with Crippen LogP contribution in [0.25, 0.3) is 0 Å². The monoisotopic (exact) mass is 242 g/mol. The Morgan fingerprint density at radius 2 is 2.06 bits per heavy atom. The van der Waals surface area contributed by atoms with E-state index in [1.807, 2.05) is 11.8 Å². The highest BCUT2D eigenvalue weighted by molar-refractivity contribution is 5.84. The van der Waals surface area contributed by atoms with Gasteiger partial charge in [-0.1, -0.05) is 27.2 Å². The van der Waals surface area contributed by atoms with Crippen molar-refractivity contribution in [2.24, 2.45) is 5.92 Å². The molecule has 1 fully saturated rings. The maximum Gasteiger partial charge on any atom is 0.241 e. The minimum Gasteiger partial charge on any atom is -0.380 e. The maximum atomic E-state index is 12.3. The number of hydrogen-bond donors (Lipinski definition) is 1. The van der Waals surface area contributed by atoms with Gasteiger partial charge in [0.05, 0.1) is 18.3 Å². The number of hydrogen-bond acceptors (Lipinski definition) is 3. The van der Waals surface area contributed by atoms with Gasteiger partial charge < -0.3 is 9.64 Å². The van der Waals surface area contributed by atoms with Crippen LogP contribution >= 0.6 is 0 Å². The molecule has 0 spiro atoms. The Morgan fingerprint density at radius 1 is 1.41 bits per heavy atom. The van der Waals surface area contributed by atoms with Crippen LogP contribution in [-0.2, 0) is 9.53 Å². The average Bonchev–Trinajstić information content (AvgIpc) is 2.58.